The van der Waals surface area contributed by atoms with Gasteiger partial charge in [-0.1, -0.05) is 36.4 Å². The van der Waals surface area contributed by atoms with Gasteiger partial charge in [-0.25, -0.2) is 4.79 Å². The average molecular weight is 383 g/mol. The molecule has 0 aromatic carbocycles. The topological polar surface area (TPSA) is 38.8 Å². The highest BCUT2D eigenvalue weighted by Crippen LogP contribution is 2.25. The van der Waals surface area contributed by atoms with Crippen LogP contribution in [-0.2, 0) is 9.47 Å². The number of nitrogens with zero attached hydrogens (tertiary/aromatic N) is 1. The van der Waals surface area contributed by atoms with Gasteiger partial charge in [-0.15, -0.1) is 0 Å². The van der Waals surface area contributed by atoms with E-state index in [1.807, 2.05) is 20.8 Å². The van der Waals surface area contributed by atoms with E-state index in [4.69, 9.17) is 9.47 Å². The minimum Gasteiger partial charge on any atom is -0.444 e. The van der Waals surface area contributed by atoms with Crippen LogP contribution in [0.1, 0.15) is 41.5 Å². The molecule has 19 heavy (non-hydrogen) atoms. The largest absolute Gasteiger partial charge is 0.444 e. The number of carbonyl (C=O) groups excluding carboxylic acids is 1. The highest BCUT2D eigenvalue weighted by atomic mass is 127. The number of carbonyl (C=O) groups is 1. The Morgan fingerprint density at radius 1 is 1.26 bits per heavy atom. The summed E-state index contributed by atoms with van der Waals surface area (Å²) in [5.74, 6) is 0.485. The van der Waals surface area contributed by atoms with E-state index in [0.29, 0.717) is 22.9 Å². The number of ether oxygens (including phenoxy) is 2. The van der Waals surface area contributed by atoms with Crippen LogP contribution >= 0.6 is 22.6 Å². The number of amides is 1. The Labute approximate surface area is 130 Å². The number of rotatable bonds is 3. The van der Waals surface area contributed by atoms with Crippen LogP contribution in [0.15, 0.2) is 0 Å². The van der Waals surface area contributed by atoms with Crippen molar-refractivity contribution in [3.05, 3.63) is 0 Å². The molecule has 0 aromatic rings. The Balaban J connectivity index is 2.52. The van der Waals surface area contributed by atoms with Crippen molar-refractivity contribution < 1.29 is 14.3 Å². The van der Waals surface area contributed by atoms with Gasteiger partial charge in [-0.3, -0.25) is 0 Å². The molecule has 0 saturated carbocycles. The molecule has 0 radical (unpaired) electrons. The van der Waals surface area contributed by atoms with Crippen molar-refractivity contribution >= 4 is 28.7 Å². The lowest BCUT2D eigenvalue weighted by molar-refractivity contribution is -0.0192. The normalized spacial score (nSPS) is 25.8. The van der Waals surface area contributed by atoms with Crippen molar-refractivity contribution in [3.63, 3.8) is 0 Å². The fourth-order valence-electron chi connectivity index (χ4n) is 1.77. The van der Waals surface area contributed by atoms with E-state index in [2.05, 4.69) is 43.4 Å². The van der Waals surface area contributed by atoms with E-state index in [0.717, 1.165) is 0 Å². The van der Waals surface area contributed by atoms with Gasteiger partial charge in [0.05, 0.1) is 22.7 Å². The van der Waals surface area contributed by atoms with E-state index >= 15 is 0 Å². The quantitative estimate of drug-likeness (QED) is 0.554. The summed E-state index contributed by atoms with van der Waals surface area (Å²) in [4.78, 5) is 13.8. The van der Waals surface area contributed by atoms with Crippen molar-refractivity contribution in [2.75, 3.05) is 13.1 Å². The fourth-order valence-corrected chi connectivity index (χ4v) is 2.64. The summed E-state index contributed by atoms with van der Waals surface area (Å²) in [7, 11) is 0. The summed E-state index contributed by atoms with van der Waals surface area (Å²) in [5, 5.41) is 0. The maximum atomic E-state index is 12.0. The monoisotopic (exact) mass is 383 g/mol. The van der Waals surface area contributed by atoms with Gasteiger partial charge in [-0.2, -0.15) is 0 Å². The van der Waals surface area contributed by atoms with Gasteiger partial charge in [-0.05, 0) is 33.6 Å². The van der Waals surface area contributed by atoms with Crippen molar-refractivity contribution in [3.8, 4) is 0 Å². The molecule has 0 aromatic heterocycles. The lowest BCUT2D eigenvalue weighted by Gasteiger charge is -2.25. The Hall–Kier alpha value is -0.0400. The summed E-state index contributed by atoms with van der Waals surface area (Å²) in [6.07, 6.45) is 0.0730. The summed E-state index contributed by atoms with van der Waals surface area (Å²) in [6, 6.07) is 0. The van der Waals surface area contributed by atoms with E-state index in [1.165, 1.54) is 0 Å². The van der Waals surface area contributed by atoms with Crippen molar-refractivity contribution in [2.24, 2.45) is 5.92 Å². The van der Waals surface area contributed by atoms with Gasteiger partial charge in [0.15, 0.2) is 0 Å². The minimum atomic E-state index is -0.442. The fraction of sp³-hybridized carbons (Fsp3) is 0.929. The number of halogens is 1. The highest BCUT2D eigenvalue weighted by Gasteiger charge is 2.37. The van der Waals surface area contributed by atoms with Gasteiger partial charge < -0.3 is 14.4 Å². The third-order valence-electron chi connectivity index (χ3n) is 3.18. The first-order valence-electron chi connectivity index (χ1n) is 6.87. The average Bonchev–Trinajstić information content (AvgIpc) is 2.57. The zero-order chi connectivity index (χ0) is 14.8. The van der Waals surface area contributed by atoms with Crippen LogP contribution in [0.25, 0.3) is 0 Å². The Kier molecular flexibility index (Phi) is 5.92. The molecule has 0 spiro atoms. The second kappa shape index (κ2) is 6.61. The van der Waals surface area contributed by atoms with Crippen LogP contribution < -0.4 is 0 Å². The molecule has 1 saturated heterocycles. The van der Waals surface area contributed by atoms with Crippen LogP contribution in [0.3, 0.4) is 0 Å². The Morgan fingerprint density at radius 2 is 1.84 bits per heavy atom. The standard InChI is InChI=1S/C14H26INO3/c1-9(2)10(3)18-12-8-16(7-11(12)15)13(17)19-14(4,5)6/h9-12H,7-8H2,1-6H3. The maximum absolute atomic E-state index is 12.0. The molecule has 1 aliphatic rings. The first kappa shape index (κ1) is 17.0. The maximum Gasteiger partial charge on any atom is 0.410 e. The highest BCUT2D eigenvalue weighted by molar-refractivity contribution is 14.1. The molecule has 1 fully saturated rings. The molecule has 1 heterocycles. The summed E-state index contributed by atoms with van der Waals surface area (Å²) in [5.41, 5.74) is -0.442. The van der Waals surface area contributed by atoms with Gasteiger partial charge >= 0.3 is 6.09 Å². The van der Waals surface area contributed by atoms with Crippen LogP contribution in [0.2, 0.25) is 0 Å². The summed E-state index contributed by atoms with van der Waals surface area (Å²) >= 11 is 2.36. The van der Waals surface area contributed by atoms with E-state index < -0.39 is 5.60 Å². The number of likely N-dealkylation sites (tertiary alicyclic amines) is 1. The summed E-state index contributed by atoms with van der Waals surface area (Å²) in [6.45, 7) is 13.4. The first-order valence-corrected chi connectivity index (χ1v) is 8.12. The first-order chi connectivity index (χ1) is 8.60. The van der Waals surface area contributed by atoms with Crippen molar-refractivity contribution in [2.45, 2.75) is 63.3 Å². The third-order valence-corrected chi connectivity index (χ3v) is 4.37. The number of hydrogen-bond acceptors (Lipinski definition) is 3. The van der Waals surface area contributed by atoms with E-state index in [9.17, 15) is 4.79 Å². The molecular formula is C14H26INO3. The zero-order valence-corrected chi connectivity index (χ0v) is 14.9. The zero-order valence-electron chi connectivity index (χ0n) is 12.8. The molecule has 3 unspecified atom stereocenters. The Bertz CT molecular complexity index is 314. The molecule has 0 aliphatic carbocycles. The molecule has 1 rings (SSSR count). The van der Waals surface area contributed by atoms with E-state index in [1.54, 1.807) is 4.90 Å². The molecule has 1 amide bonds. The van der Waals surface area contributed by atoms with Crippen LogP contribution in [0, 0.1) is 5.92 Å². The molecule has 3 atom stereocenters. The molecule has 5 heteroatoms. The molecule has 1 aliphatic heterocycles. The van der Waals surface area contributed by atoms with Gasteiger partial charge in [0.25, 0.3) is 0 Å². The second-order valence-corrected chi connectivity index (χ2v) is 8.12. The molecule has 0 bridgehead atoms. The SMILES string of the molecule is CC(C)C(C)OC1CN(C(=O)OC(C)(C)C)CC1I. The molecule has 0 N–H and O–H groups in total. The van der Waals surface area contributed by atoms with Gasteiger partial charge in [0.2, 0.25) is 0 Å². The molecule has 112 valence electrons. The van der Waals surface area contributed by atoms with E-state index in [-0.39, 0.29) is 18.3 Å². The number of alkyl halides is 1. The van der Waals surface area contributed by atoms with Crippen molar-refractivity contribution in [1.29, 1.82) is 0 Å². The Morgan fingerprint density at radius 3 is 2.32 bits per heavy atom. The van der Waals surface area contributed by atoms with Crippen molar-refractivity contribution in [1.82, 2.24) is 4.90 Å². The molecule has 4 nitrogen and oxygen atoms in total. The smallest absolute Gasteiger partial charge is 0.410 e. The minimum absolute atomic E-state index is 0.102. The predicted octanol–water partition coefficient (Wildman–Crippen LogP) is 3.47. The second-order valence-electron chi connectivity index (χ2n) is 6.52. The van der Waals surface area contributed by atoms with Crippen LogP contribution in [0.4, 0.5) is 4.79 Å². The third kappa shape index (κ3) is 5.45. The number of hydrogen-bond donors (Lipinski definition) is 0. The lowest BCUT2D eigenvalue weighted by atomic mass is 10.1. The lowest BCUT2D eigenvalue weighted by Crippen LogP contribution is -2.36. The molecular weight excluding hydrogens is 357 g/mol. The van der Waals surface area contributed by atoms with Gasteiger partial charge in [0, 0.05) is 6.54 Å². The predicted molar refractivity (Wildman–Crippen MR) is 84.8 cm³/mol. The van der Waals surface area contributed by atoms with Gasteiger partial charge in [0.1, 0.15) is 5.60 Å². The van der Waals surface area contributed by atoms with Crippen LogP contribution in [-0.4, -0.2) is 45.8 Å². The van der Waals surface area contributed by atoms with Crippen LogP contribution in [0.5, 0.6) is 0 Å². The summed E-state index contributed by atoms with van der Waals surface area (Å²) < 4.78 is 11.8.